The van der Waals surface area contributed by atoms with Crippen molar-refractivity contribution in [1.82, 2.24) is 4.90 Å². The maximum Gasteiger partial charge on any atom is 0.293 e. The molecule has 1 N–H and O–H groups in total. The lowest BCUT2D eigenvalue weighted by molar-refractivity contribution is -0.123. The smallest absolute Gasteiger partial charge is 0.293 e. The summed E-state index contributed by atoms with van der Waals surface area (Å²) in [4.78, 5) is 26.3. The van der Waals surface area contributed by atoms with Gasteiger partial charge < -0.3 is 9.84 Å². The Bertz CT molecular complexity index is 931. The number of nitrogens with zero attached hydrogens (tertiary/aromatic N) is 1. The maximum atomic E-state index is 12.6. The summed E-state index contributed by atoms with van der Waals surface area (Å²) in [6.07, 6.45) is 1.59. The number of benzene rings is 2. The molecule has 134 valence electrons. The van der Waals surface area contributed by atoms with E-state index in [0.717, 1.165) is 17.3 Å². The molecule has 0 spiro atoms. The lowest BCUT2D eigenvalue weighted by atomic mass is 10.1. The highest BCUT2D eigenvalue weighted by molar-refractivity contribution is 9.10. The minimum atomic E-state index is -0.372. The summed E-state index contributed by atoms with van der Waals surface area (Å²) < 4.78 is 5.53. The zero-order valence-corrected chi connectivity index (χ0v) is 16.7. The molecule has 2 aromatic rings. The van der Waals surface area contributed by atoms with Gasteiger partial charge in [-0.3, -0.25) is 14.5 Å². The Morgan fingerprint density at radius 1 is 1.31 bits per heavy atom. The van der Waals surface area contributed by atoms with Crippen molar-refractivity contribution in [3.8, 4) is 11.5 Å². The minimum Gasteiger partial charge on any atom is -0.503 e. The lowest BCUT2D eigenvalue weighted by Crippen LogP contribution is -2.27. The first-order chi connectivity index (χ1) is 12.4. The molecule has 0 aromatic heterocycles. The average Bonchev–Trinajstić information content (AvgIpc) is 2.85. The van der Waals surface area contributed by atoms with Crippen molar-refractivity contribution in [3.63, 3.8) is 0 Å². The van der Waals surface area contributed by atoms with Crippen molar-refractivity contribution in [3.05, 3.63) is 61.9 Å². The van der Waals surface area contributed by atoms with Gasteiger partial charge >= 0.3 is 0 Å². The number of phenolic OH excluding ortho intramolecular Hbond substituents is 1. The van der Waals surface area contributed by atoms with E-state index in [4.69, 9.17) is 16.3 Å². The summed E-state index contributed by atoms with van der Waals surface area (Å²) in [6.45, 7) is 0.158. The zero-order chi connectivity index (χ0) is 18.8. The standard InChI is InChI=1S/C18H13BrClNO4S/c1-25-14-7-11(6-13(19)16(14)22)8-15-17(23)21(18(24)26-15)9-10-3-2-4-12(20)5-10/h2-8,22H,9H2,1H3/b15-8-. The van der Waals surface area contributed by atoms with Gasteiger partial charge in [0.1, 0.15) is 0 Å². The Kier molecular flexibility index (Phi) is 5.60. The predicted octanol–water partition coefficient (Wildman–Crippen LogP) is 5.05. The molecule has 1 saturated heterocycles. The molecule has 1 fully saturated rings. The first kappa shape index (κ1) is 18.8. The summed E-state index contributed by atoms with van der Waals surface area (Å²) >= 11 is 10.1. The number of hydrogen-bond donors (Lipinski definition) is 1. The van der Waals surface area contributed by atoms with Gasteiger partial charge in [0.15, 0.2) is 11.5 Å². The van der Waals surface area contributed by atoms with Crippen molar-refractivity contribution >= 4 is 56.5 Å². The molecule has 0 saturated carbocycles. The molecule has 0 atom stereocenters. The molecule has 3 rings (SSSR count). The molecule has 1 aliphatic heterocycles. The number of ether oxygens (including phenoxy) is 1. The number of aromatic hydroxyl groups is 1. The van der Waals surface area contributed by atoms with Gasteiger partial charge in [0.25, 0.3) is 11.1 Å². The first-order valence-electron chi connectivity index (χ1n) is 7.45. The third kappa shape index (κ3) is 3.90. The number of methoxy groups -OCH3 is 1. The number of hydrogen-bond acceptors (Lipinski definition) is 5. The molecule has 2 aromatic carbocycles. The normalized spacial score (nSPS) is 15.8. The lowest BCUT2D eigenvalue weighted by Gasteiger charge is -2.12. The molecule has 5 nitrogen and oxygen atoms in total. The highest BCUT2D eigenvalue weighted by Crippen LogP contribution is 2.38. The van der Waals surface area contributed by atoms with Gasteiger partial charge in [-0.2, -0.15) is 0 Å². The monoisotopic (exact) mass is 453 g/mol. The molecule has 0 unspecified atom stereocenters. The van der Waals surface area contributed by atoms with E-state index >= 15 is 0 Å². The van der Waals surface area contributed by atoms with Crippen LogP contribution in [0, 0.1) is 0 Å². The molecule has 0 bridgehead atoms. The summed E-state index contributed by atoms with van der Waals surface area (Å²) in [5, 5.41) is 10.1. The van der Waals surface area contributed by atoms with E-state index in [-0.39, 0.29) is 29.2 Å². The van der Waals surface area contributed by atoms with Crippen molar-refractivity contribution in [2.24, 2.45) is 0 Å². The molecular weight excluding hydrogens is 442 g/mol. The third-order valence-corrected chi connectivity index (χ3v) is 5.42. The van der Waals surface area contributed by atoms with Crippen LogP contribution in [0.25, 0.3) is 6.08 Å². The van der Waals surface area contributed by atoms with Gasteiger partial charge in [-0.1, -0.05) is 23.7 Å². The van der Waals surface area contributed by atoms with Crippen LogP contribution >= 0.6 is 39.3 Å². The SMILES string of the molecule is COc1cc(/C=C2\SC(=O)N(Cc3cccc(Cl)c3)C2=O)cc(Br)c1O. The van der Waals surface area contributed by atoms with Crippen molar-refractivity contribution < 1.29 is 19.4 Å². The van der Waals surface area contributed by atoms with Crippen LogP contribution in [0.5, 0.6) is 11.5 Å². The molecular formula is C18H13BrClNO4S. The van der Waals surface area contributed by atoms with Crippen molar-refractivity contribution in [2.75, 3.05) is 7.11 Å². The van der Waals surface area contributed by atoms with E-state index in [1.54, 1.807) is 42.5 Å². The topological polar surface area (TPSA) is 66.8 Å². The summed E-state index contributed by atoms with van der Waals surface area (Å²) in [6, 6.07) is 10.3. The van der Waals surface area contributed by atoms with E-state index in [2.05, 4.69) is 15.9 Å². The van der Waals surface area contributed by atoms with Crippen LogP contribution in [0.2, 0.25) is 5.02 Å². The number of amides is 2. The number of imide groups is 1. The Morgan fingerprint density at radius 3 is 2.77 bits per heavy atom. The third-order valence-electron chi connectivity index (χ3n) is 3.67. The molecule has 8 heteroatoms. The van der Waals surface area contributed by atoms with Crippen LogP contribution in [-0.2, 0) is 11.3 Å². The fraction of sp³-hybridized carbons (Fsp3) is 0.111. The van der Waals surface area contributed by atoms with E-state index < -0.39 is 0 Å². The zero-order valence-electron chi connectivity index (χ0n) is 13.5. The van der Waals surface area contributed by atoms with Gasteiger partial charge in [0, 0.05) is 5.02 Å². The Balaban J connectivity index is 1.87. The highest BCUT2D eigenvalue weighted by atomic mass is 79.9. The van der Waals surface area contributed by atoms with Gasteiger partial charge in [0.2, 0.25) is 0 Å². The number of carbonyl (C=O) groups is 2. The second kappa shape index (κ2) is 7.73. The van der Waals surface area contributed by atoms with Crippen molar-refractivity contribution in [2.45, 2.75) is 6.54 Å². The first-order valence-corrected chi connectivity index (χ1v) is 9.44. The number of carbonyl (C=O) groups excluding carboxylic acids is 2. The fourth-order valence-electron chi connectivity index (χ4n) is 2.44. The Morgan fingerprint density at radius 2 is 2.08 bits per heavy atom. The maximum absolute atomic E-state index is 12.6. The number of phenols is 1. The molecule has 26 heavy (non-hydrogen) atoms. The largest absolute Gasteiger partial charge is 0.503 e. The number of halogens is 2. The summed E-state index contributed by atoms with van der Waals surface area (Å²) in [5.74, 6) is -0.134. The summed E-state index contributed by atoms with van der Waals surface area (Å²) in [5.41, 5.74) is 1.40. The second-order valence-electron chi connectivity index (χ2n) is 5.45. The van der Waals surface area contributed by atoms with E-state index in [9.17, 15) is 14.7 Å². The molecule has 1 aliphatic rings. The number of thioether (sulfide) groups is 1. The second-order valence-corrected chi connectivity index (χ2v) is 7.74. The minimum absolute atomic E-state index is 0.0290. The van der Waals surface area contributed by atoms with Crippen LogP contribution in [0.15, 0.2) is 45.8 Å². The Labute approximate surface area is 167 Å². The quantitative estimate of drug-likeness (QED) is 0.655. The number of rotatable bonds is 4. The van der Waals surface area contributed by atoms with Gasteiger partial charge in [-0.25, -0.2) is 0 Å². The summed E-state index contributed by atoms with van der Waals surface area (Å²) in [7, 11) is 1.43. The van der Waals surface area contributed by atoms with E-state index in [1.807, 2.05) is 0 Å². The molecule has 0 aliphatic carbocycles. The van der Waals surface area contributed by atoms with E-state index in [1.165, 1.54) is 12.0 Å². The molecule has 0 radical (unpaired) electrons. The predicted molar refractivity (Wildman–Crippen MR) is 105 cm³/mol. The van der Waals surface area contributed by atoms with Crippen LogP contribution in [-0.4, -0.2) is 28.3 Å². The van der Waals surface area contributed by atoms with Crippen LogP contribution < -0.4 is 4.74 Å². The van der Waals surface area contributed by atoms with Crippen molar-refractivity contribution in [1.29, 1.82) is 0 Å². The van der Waals surface area contributed by atoms with Gasteiger partial charge in [-0.05, 0) is 69.2 Å². The molecule has 1 heterocycles. The van der Waals surface area contributed by atoms with Gasteiger partial charge in [-0.15, -0.1) is 0 Å². The van der Waals surface area contributed by atoms with Crippen LogP contribution in [0.3, 0.4) is 0 Å². The average molecular weight is 455 g/mol. The van der Waals surface area contributed by atoms with Crippen LogP contribution in [0.4, 0.5) is 4.79 Å². The molecule has 2 amide bonds. The Hall–Kier alpha value is -1.96. The van der Waals surface area contributed by atoms with Gasteiger partial charge in [0.05, 0.1) is 23.0 Å². The fourth-order valence-corrected chi connectivity index (χ4v) is 3.95. The highest BCUT2D eigenvalue weighted by Gasteiger charge is 2.35. The van der Waals surface area contributed by atoms with E-state index in [0.29, 0.717) is 20.0 Å². The van der Waals surface area contributed by atoms with Crippen LogP contribution in [0.1, 0.15) is 11.1 Å².